The van der Waals surface area contributed by atoms with Crippen LogP contribution in [0.15, 0.2) is 53.5 Å². The van der Waals surface area contributed by atoms with Crippen LogP contribution in [0.25, 0.3) is 0 Å². The Hall–Kier alpha value is -3.02. The summed E-state index contributed by atoms with van der Waals surface area (Å²) >= 11 is 0. The number of carbonyl (C=O) groups excluding carboxylic acids is 1. The number of guanidine groups is 1. The van der Waals surface area contributed by atoms with Gasteiger partial charge < -0.3 is 20.3 Å². The Balaban J connectivity index is 1.91. The predicted molar refractivity (Wildman–Crippen MR) is 110 cm³/mol. The van der Waals surface area contributed by atoms with Gasteiger partial charge in [-0.2, -0.15) is 0 Å². The second-order valence-electron chi connectivity index (χ2n) is 6.17. The number of hydrogen-bond acceptors (Lipinski definition) is 3. The average Bonchev–Trinajstić information content (AvgIpc) is 2.69. The van der Waals surface area contributed by atoms with E-state index < -0.39 is 0 Å². The van der Waals surface area contributed by atoms with Gasteiger partial charge in [0.25, 0.3) is 0 Å². The maximum atomic E-state index is 12.2. The van der Waals surface area contributed by atoms with Crippen molar-refractivity contribution in [1.82, 2.24) is 10.2 Å². The molecule has 0 fully saturated rings. The number of aliphatic imine (C=N–C) groups is 1. The number of amides is 1. The van der Waals surface area contributed by atoms with Crippen LogP contribution in [0, 0.1) is 0 Å². The summed E-state index contributed by atoms with van der Waals surface area (Å²) in [5.74, 6) is 1.35. The maximum absolute atomic E-state index is 12.2. The molecular weight excluding hydrogens is 340 g/mol. The largest absolute Gasteiger partial charge is 0.496 e. The van der Waals surface area contributed by atoms with Gasteiger partial charge in [0.05, 0.1) is 13.7 Å². The van der Waals surface area contributed by atoms with Crippen molar-refractivity contribution in [2.75, 3.05) is 33.1 Å². The summed E-state index contributed by atoms with van der Waals surface area (Å²) in [6, 6.07) is 15.7. The third kappa shape index (κ3) is 6.02. The molecule has 6 heteroatoms. The number of nitrogens with zero attached hydrogens (tertiary/aromatic N) is 2. The normalized spacial score (nSPS) is 11.0. The quantitative estimate of drug-likeness (QED) is 0.583. The van der Waals surface area contributed by atoms with Gasteiger partial charge in [0.15, 0.2) is 5.96 Å². The Morgan fingerprint density at radius 2 is 1.96 bits per heavy atom. The van der Waals surface area contributed by atoms with Crippen molar-refractivity contribution in [2.45, 2.75) is 19.9 Å². The first-order chi connectivity index (χ1) is 13.1. The zero-order valence-electron chi connectivity index (χ0n) is 16.5. The molecule has 0 aliphatic carbocycles. The number of methoxy groups -OCH3 is 1. The first-order valence-electron chi connectivity index (χ1n) is 8.99. The van der Waals surface area contributed by atoms with Crippen LogP contribution in [-0.4, -0.2) is 44.5 Å². The Kier molecular flexibility index (Phi) is 7.67. The molecule has 0 aliphatic heterocycles. The van der Waals surface area contributed by atoms with E-state index in [0.29, 0.717) is 12.5 Å². The number of para-hydroxylation sites is 1. The lowest BCUT2D eigenvalue weighted by Crippen LogP contribution is -2.42. The van der Waals surface area contributed by atoms with Crippen molar-refractivity contribution < 1.29 is 9.53 Å². The summed E-state index contributed by atoms with van der Waals surface area (Å²) in [4.78, 5) is 18.5. The Labute approximate surface area is 161 Å². The smallest absolute Gasteiger partial charge is 0.243 e. The lowest BCUT2D eigenvalue weighted by Gasteiger charge is -2.23. The van der Waals surface area contributed by atoms with Crippen LogP contribution in [0.2, 0.25) is 0 Å². The van der Waals surface area contributed by atoms with Gasteiger partial charge in [0.2, 0.25) is 5.91 Å². The van der Waals surface area contributed by atoms with Gasteiger partial charge in [-0.3, -0.25) is 9.79 Å². The lowest BCUT2D eigenvalue weighted by atomic mass is 10.1. The molecule has 2 N–H and O–H groups in total. The van der Waals surface area contributed by atoms with E-state index in [-0.39, 0.29) is 12.5 Å². The average molecular weight is 368 g/mol. The van der Waals surface area contributed by atoms with E-state index in [1.54, 1.807) is 14.2 Å². The van der Waals surface area contributed by atoms with Gasteiger partial charge >= 0.3 is 0 Å². The fourth-order valence-electron chi connectivity index (χ4n) is 2.78. The van der Waals surface area contributed by atoms with Gasteiger partial charge in [-0.05, 0) is 30.2 Å². The minimum absolute atomic E-state index is 0.116. The highest BCUT2D eigenvalue weighted by molar-refractivity contribution is 5.95. The zero-order valence-corrected chi connectivity index (χ0v) is 16.5. The molecule has 6 nitrogen and oxygen atoms in total. The van der Waals surface area contributed by atoms with E-state index in [4.69, 9.17) is 4.74 Å². The number of anilines is 1. The van der Waals surface area contributed by atoms with Crippen LogP contribution in [-0.2, 0) is 17.8 Å². The van der Waals surface area contributed by atoms with Crippen molar-refractivity contribution in [1.29, 1.82) is 0 Å². The van der Waals surface area contributed by atoms with E-state index in [1.807, 2.05) is 60.5 Å². The van der Waals surface area contributed by atoms with Crippen molar-refractivity contribution in [3.8, 4) is 5.75 Å². The molecule has 1 amide bonds. The third-order valence-corrected chi connectivity index (χ3v) is 4.20. The molecule has 0 saturated heterocycles. The summed E-state index contributed by atoms with van der Waals surface area (Å²) in [5, 5.41) is 6.01. The van der Waals surface area contributed by atoms with Crippen molar-refractivity contribution >= 4 is 17.6 Å². The van der Waals surface area contributed by atoms with E-state index >= 15 is 0 Å². The van der Waals surface area contributed by atoms with Crippen LogP contribution < -0.4 is 15.4 Å². The second kappa shape index (κ2) is 10.2. The number of aryl methyl sites for hydroxylation is 1. The van der Waals surface area contributed by atoms with E-state index in [9.17, 15) is 4.79 Å². The lowest BCUT2D eigenvalue weighted by molar-refractivity contribution is -0.115. The molecule has 0 atom stereocenters. The SMILES string of the molecule is CCc1cccc(NC(=O)CNC(=NC)N(C)Cc2ccccc2OC)c1. The molecule has 0 heterocycles. The van der Waals surface area contributed by atoms with E-state index in [0.717, 1.165) is 23.4 Å². The molecule has 2 rings (SSSR count). The van der Waals surface area contributed by atoms with Crippen LogP contribution in [0.4, 0.5) is 5.69 Å². The number of benzene rings is 2. The van der Waals surface area contributed by atoms with Crippen LogP contribution in [0.1, 0.15) is 18.1 Å². The molecule has 0 saturated carbocycles. The number of hydrogen-bond donors (Lipinski definition) is 2. The van der Waals surface area contributed by atoms with Crippen molar-refractivity contribution in [2.24, 2.45) is 4.99 Å². The molecule has 2 aromatic carbocycles. The minimum atomic E-state index is -0.116. The number of nitrogens with one attached hydrogen (secondary N) is 2. The summed E-state index contributed by atoms with van der Waals surface area (Å²) in [6.45, 7) is 2.84. The molecule has 0 unspecified atom stereocenters. The van der Waals surface area contributed by atoms with E-state index in [2.05, 4.69) is 22.5 Å². The van der Waals surface area contributed by atoms with Gasteiger partial charge in [0.1, 0.15) is 5.75 Å². The molecule has 0 bridgehead atoms. The fraction of sp³-hybridized carbons (Fsp3) is 0.333. The second-order valence-corrected chi connectivity index (χ2v) is 6.17. The fourth-order valence-corrected chi connectivity index (χ4v) is 2.78. The Morgan fingerprint density at radius 3 is 2.67 bits per heavy atom. The highest BCUT2D eigenvalue weighted by Gasteiger charge is 2.11. The topological polar surface area (TPSA) is 66.0 Å². The van der Waals surface area contributed by atoms with Gasteiger partial charge in [-0.15, -0.1) is 0 Å². The van der Waals surface area contributed by atoms with Crippen molar-refractivity contribution in [3.05, 3.63) is 59.7 Å². The molecule has 2 aromatic rings. The molecular formula is C21H28N4O2. The highest BCUT2D eigenvalue weighted by Crippen LogP contribution is 2.18. The summed E-state index contributed by atoms with van der Waals surface area (Å²) in [5.41, 5.74) is 3.04. The maximum Gasteiger partial charge on any atom is 0.243 e. The third-order valence-electron chi connectivity index (χ3n) is 4.20. The molecule has 144 valence electrons. The number of ether oxygens (including phenoxy) is 1. The molecule has 0 aromatic heterocycles. The first kappa shape index (κ1) is 20.3. The number of carbonyl (C=O) groups is 1. The van der Waals surface area contributed by atoms with Crippen LogP contribution in [0.5, 0.6) is 5.75 Å². The van der Waals surface area contributed by atoms with Crippen molar-refractivity contribution in [3.63, 3.8) is 0 Å². The summed E-state index contributed by atoms with van der Waals surface area (Å²) in [6.07, 6.45) is 0.933. The van der Waals surface area contributed by atoms with Gasteiger partial charge in [-0.1, -0.05) is 37.3 Å². The molecule has 0 aliphatic rings. The molecule has 0 radical (unpaired) electrons. The summed E-state index contributed by atoms with van der Waals surface area (Å²) in [7, 11) is 5.28. The zero-order chi connectivity index (χ0) is 19.6. The van der Waals surface area contributed by atoms with E-state index in [1.165, 1.54) is 5.56 Å². The standard InChI is InChI=1S/C21H28N4O2/c1-5-16-9-8-11-18(13-16)24-20(26)14-23-21(22-2)25(3)15-17-10-6-7-12-19(17)27-4/h6-13H,5,14-15H2,1-4H3,(H,22,23)(H,24,26). The van der Waals surface area contributed by atoms with Crippen LogP contribution in [0.3, 0.4) is 0 Å². The predicted octanol–water partition coefficient (Wildman–Crippen LogP) is 2.90. The minimum Gasteiger partial charge on any atom is -0.496 e. The molecule has 27 heavy (non-hydrogen) atoms. The van der Waals surface area contributed by atoms with Gasteiger partial charge in [0, 0.05) is 31.9 Å². The first-order valence-corrected chi connectivity index (χ1v) is 8.99. The Morgan fingerprint density at radius 1 is 1.19 bits per heavy atom. The Bertz CT molecular complexity index is 789. The summed E-state index contributed by atoms with van der Waals surface area (Å²) < 4.78 is 5.39. The van der Waals surface area contributed by atoms with Gasteiger partial charge in [-0.25, -0.2) is 0 Å². The number of rotatable bonds is 7. The molecule has 0 spiro atoms. The highest BCUT2D eigenvalue weighted by atomic mass is 16.5. The van der Waals surface area contributed by atoms with Crippen LogP contribution >= 0.6 is 0 Å². The monoisotopic (exact) mass is 368 g/mol.